The molecule has 1 atom stereocenters. The lowest BCUT2D eigenvalue weighted by Crippen LogP contribution is -2.13. The molecule has 0 spiro atoms. The van der Waals surface area contributed by atoms with Crippen LogP contribution in [0.5, 0.6) is 0 Å². The van der Waals surface area contributed by atoms with E-state index < -0.39 is 0 Å². The molecule has 0 saturated heterocycles. The van der Waals surface area contributed by atoms with Crippen molar-refractivity contribution >= 4 is 11.5 Å². The van der Waals surface area contributed by atoms with Gasteiger partial charge in [-0.2, -0.15) is 0 Å². The maximum Gasteiger partial charge on any atom is 0.163 e. The number of hydrogen-bond acceptors (Lipinski definition) is 2. The van der Waals surface area contributed by atoms with Gasteiger partial charge in [0.05, 0.1) is 0 Å². The van der Waals surface area contributed by atoms with E-state index in [1.165, 1.54) is 5.56 Å². The summed E-state index contributed by atoms with van der Waals surface area (Å²) in [6.45, 7) is 2.07. The van der Waals surface area contributed by atoms with Crippen molar-refractivity contribution in [1.82, 2.24) is 0 Å². The molecule has 0 radical (unpaired) electrons. The number of hydrogen-bond donors (Lipinski definition) is 0. The predicted octanol–water partition coefficient (Wildman–Crippen LogP) is 4.77. The first-order valence-electron chi connectivity index (χ1n) is 8.00. The van der Waals surface area contributed by atoms with Crippen LogP contribution in [0.4, 0.5) is 0 Å². The Morgan fingerprint density at radius 3 is 2.43 bits per heavy atom. The lowest BCUT2D eigenvalue weighted by atomic mass is 9.87. The highest BCUT2D eigenvalue weighted by atomic mass is 16.5. The number of benzene rings is 2. The molecule has 0 N–H and O–H groups in total. The van der Waals surface area contributed by atoms with Gasteiger partial charge in [-0.3, -0.25) is 4.79 Å². The van der Waals surface area contributed by atoms with Crippen molar-refractivity contribution in [3.63, 3.8) is 0 Å². The van der Waals surface area contributed by atoms with Gasteiger partial charge in [-0.25, -0.2) is 0 Å². The number of ether oxygens (including phenoxy) is 1. The fourth-order valence-electron chi connectivity index (χ4n) is 3.30. The molecule has 0 bridgehead atoms. The summed E-state index contributed by atoms with van der Waals surface area (Å²) in [7, 11) is 0. The van der Waals surface area contributed by atoms with Crippen molar-refractivity contribution in [3.05, 3.63) is 88.7 Å². The van der Waals surface area contributed by atoms with Crippen LogP contribution in [0, 0.1) is 6.92 Å². The van der Waals surface area contributed by atoms with Gasteiger partial charge in [0.15, 0.2) is 5.78 Å². The molecule has 1 aliphatic carbocycles. The van der Waals surface area contributed by atoms with Crippen molar-refractivity contribution < 1.29 is 9.53 Å². The summed E-state index contributed by atoms with van der Waals surface area (Å²) in [5.74, 6) is 1.91. The van der Waals surface area contributed by atoms with Gasteiger partial charge >= 0.3 is 0 Å². The van der Waals surface area contributed by atoms with E-state index in [9.17, 15) is 4.79 Å². The maximum absolute atomic E-state index is 12.3. The molecule has 2 heteroatoms. The van der Waals surface area contributed by atoms with E-state index in [-0.39, 0.29) is 11.7 Å². The van der Waals surface area contributed by atoms with Crippen LogP contribution >= 0.6 is 0 Å². The van der Waals surface area contributed by atoms with Gasteiger partial charge in [0.2, 0.25) is 0 Å². The van der Waals surface area contributed by atoms with Gasteiger partial charge in [0, 0.05) is 29.9 Å². The monoisotopic (exact) mass is 302 g/mol. The normalized spacial score (nSPS) is 20.1. The largest absolute Gasteiger partial charge is 0.461 e. The average Bonchev–Trinajstić information content (AvgIpc) is 2.97. The number of Topliss-reactive ketones (excluding diaryl/α,β-unsaturated/α-hetero) is 1. The average molecular weight is 302 g/mol. The Bertz CT molecular complexity index is 811. The van der Waals surface area contributed by atoms with E-state index in [1.54, 1.807) is 0 Å². The second-order valence-corrected chi connectivity index (χ2v) is 6.15. The quantitative estimate of drug-likeness (QED) is 0.799. The summed E-state index contributed by atoms with van der Waals surface area (Å²) >= 11 is 0. The van der Waals surface area contributed by atoms with Crippen LogP contribution in [0.15, 0.2) is 72.0 Å². The Kier molecular flexibility index (Phi) is 3.38. The summed E-state index contributed by atoms with van der Waals surface area (Å²) < 4.78 is 6.06. The molecule has 2 aromatic carbocycles. The first kappa shape index (κ1) is 14.0. The molecule has 0 aromatic heterocycles. The molecule has 0 fully saturated rings. The highest BCUT2D eigenvalue weighted by Crippen LogP contribution is 2.43. The third-order valence-corrected chi connectivity index (χ3v) is 4.54. The molecule has 4 rings (SSSR count). The van der Waals surface area contributed by atoms with Crippen LogP contribution in [0.3, 0.4) is 0 Å². The molecule has 23 heavy (non-hydrogen) atoms. The Morgan fingerprint density at radius 1 is 0.957 bits per heavy atom. The maximum atomic E-state index is 12.3. The van der Waals surface area contributed by atoms with Crippen molar-refractivity contribution in [3.8, 4) is 0 Å². The predicted molar refractivity (Wildman–Crippen MR) is 90.7 cm³/mol. The molecule has 2 aliphatic rings. The van der Waals surface area contributed by atoms with Gasteiger partial charge in [-0.1, -0.05) is 60.2 Å². The van der Waals surface area contributed by atoms with Crippen molar-refractivity contribution in [2.75, 3.05) is 0 Å². The number of allylic oxidation sites excluding steroid dienone is 3. The SMILES string of the molecule is Cc1ccc(C2C=C(c3ccccc3)OC3=C2C(=O)CC3)cc1. The van der Waals surface area contributed by atoms with E-state index >= 15 is 0 Å². The zero-order valence-corrected chi connectivity index (χ0v) is 13.1. The van der Waals surface area contributed by atoms with Crippen molar-refractivity contribution in [2.24, 2.45) is 0 Å². The molecule has 1 heterocycles. The molecular formula is C21H18O2. The van der Waals surface area contributed by atoms with Crippen LogP contribution in [-0.2, 0) is 9.53 Å². The lowest BCUT2D eigenvalue weighted by molar-refractivity contribution is -0.115. The van der Waals surface area contributed by atoms with Crippen molar-refractivity contribution in [2.45, 2.75) is 25.7 Å². The summed E-state index contributed by atoms with van der Waals surface area (Å²) in [6, 6.07) is 18.5. The van der Waals surface area contributed by atoms with Gasteiger partial charge in [-0.15, -0.1) is 0 Å². The van der Waals surface area contributed by atoms with E-state index in [0.717, 1.165) is 28.2 Å². The minimum absolute atomic E-state index is 0.00967. The van der Waals surface area contributed by atoms with Gasteiger partial charge in [0.1, 0.15) is 11.5 Å². The Labute approximate surface area is 136 Å². The standard InChI is InChI=1S/C21H18O2/c1-14-7-9-15(10-8-14)17-13-20(16-5-3-2-4-6-16)23-19-12-11-18(22)21(17)19/h2-10,13,17H,11-12H2,1H3. The Hall–Kier alpha value is -2.61. The lowest BCUT2D eigenvalue weighted by Gasteiger charge is -2.24. The third-order valence-electron chi connectivity index (χ3n) is 4.54. The fraction of sp³-hybridized carbons (Fsp3) is 0.190. The molecule has 0 amide bonds. The highest BCUT2D eigenvalue weighted by Gasteiger charge is 2.35. The van der Waals surface area contributed by atoms with Gasteiger partial charge < -0.3 is 4.74 Å². The van der Waals surface area contributed by atoms with Crippen molar-refractivity contribution in [1.29, 1.82) is 0 Å². The van der Waals surface area contributed by atoms with E-state index in [2.05, 4.69) is 37.3 Å². The minimum Gasteiger partial charge on any atom is -0.461 e. The Balaban J connectivity index is 1.81. The van der Waals surface area contributed by atoms with Crippen LogP contribution in [0.25, 0.3) is 5.76 Å². The number of ketones is 1. The van der Waals surface area contributed by atoms with E-state index in [4.69, 9.17) is 4.74 Å². The zero-order chi connectivity index (χ0) is 15.8. The number of rotatable bonds is 2. The Morgan fingerprint density at radius 2 is 1.70 bits per heavy atom. The van der Waals surface area contributed by atoms with E-state index in [0.29, 0.717) is 12.8 Å². The summed E-state index contributed by atoms with van der Waals surface area (Å²) in [6.07, 6.45) is 3.35. The third kappa shape index (κ3) is 2.50. The summed E-state index contributed by atoms with van der Waals surface area (Å²) in [5, 5.41) is 0. The van der Waals surface area contributed by atoms with Gasteiger partial charge in [-0.05, 0) is 18.6 Å². The molecule has 1 aliphatic heterocycles. The second-order valence-electron chi connectivity index (χ2n) is 6.15. The molecular weight excluding hydrogens is 284 g/mol. The molecule has 114 valence electrons. The number of carbonyl (C=O) groups excluding carboxylic acids is 1. The van der Waals surface area contributed by atoms with Crippen LogP contribution < -0.4 is 0 Å². The molecule has 2 nitrogen and oxygen atoms in total. The first-order chi connectivity index (χ1) is 11.2. The van der Waals surface area contributed by atoms with Crippen LogP contribution in [-0.4, -0.2) is 5.78 Å². The minimum atomic E-state index is -0.00967. The summed E-state index contributed by atoms with van der Waals surface area (Å²) in [5.41, 5.74) is 4.26. The summed E-state index contributed by atoms with van der Waals surface area (Å²) in [4.78, 5) is 12.3. The zero-order valence-electron chi connectivity index (χ0n) is 13.1. The second kappa shape index (κ2) is 5.54. The number of carbonyl (C=O) groups is 1. The molecule has 0 saturated carbocycles. The van der Waals surface area contributed by atoms with Gasteiger partial charge in [0.25, 0.3) is 0 Å². The smallest absolute Gasteiger partial charge is 0.163 e. The number of aryl methyl sites for hydroxylation is 1. The first-order valence-corrected chi connectivity index (χ1v) is 8.00. The van der Waals surface area contributed by atoms with Crippen LogP contribution in [0.2, 0.25) is 0 Å². The fourth-order valence-corrected chi connectivity index (χ4v) is 3.30. The molecule has 2 aromatic rings. The van der Waals surface area contributed by atoms with E-state index in [1.807, 2.05) is 30.3 Å². The topological polar surface area (TPSA) is 26.3 Å². The molecule has 1 unspecified atom stereocenters. The highest BCUT2D eigenvalue weighted by molar-refractivity contribution is 6.01. The van der Waals surface area contributed by atoms with Crippen LogP contribution in [0.1, 0.15) is 35.4 Å².